The number of carbonyl (C=O) groups excluding carboxylic acids is 1. The number of hydrogen-bond acceptors (Lipinski definition) is 7. The van der Waals surface area contributed by atoms with E-state index in [2.05, 4.69) is 22.1 Å². The number of amides is 1. The fourth-order valence-electron chi connectivity index (χ4n) is 2.96. The largest absolute Gasteiger partial charge is 0.454 e. The quantitative estimate of drug-likeness (QED) is 0.903. The zero-order valence-electron chi connectivity index (χ0n) is 14.0. The van der Waals surface area contributed by atoms with E-state index in [1.54, 1.807) is 0 Å². The lowest BCUT2D eigenvalue weighted by atomic mass is 10.3. The van der Waals surface area contributed by atoms with Crippen LogP contribution in [0.4, 0.5) is 10.8 Å². The van der Waals surface area contributed by atoms with Gasteiger partial charge in [0, 0.05) is 43.3 Å². The Morgan fingerprint density at radius 3 is 2.84 bits per heavy atom. The summed E-state index contributed by atoms with van der Waals surface area (Å²) in [6.45, 7) is 6.79. The van der Waals surface area contributed by atoms with Crippen molar-refractivity contribution in [3.8, 4) is 11.5 Å². The molecule has 1 fully saturated rings. The van der Waals surface area contributed by atoms with Crippen LogP contribution in [-0.4, -0.2) is 60.2 Å². The maximum absolute atomic E-state index is 12.6. The van der Waals surface area contributed by atoms with Crippen molar-refractivity contribution in [3.63, 3.8) is 0 Å². The molecule has 0 spiro atoms. The third-order valence-electron chi connectivity index (χ3n) is 4.45. The van der Waals surface area contributed by atoms with Crippen molar-refractivity contribution >= 4 is 28.1 Å². The number of anilines is 2. The number of piperazine rings is 1. The van der Waals surface area contributed by atoms with Crippen molar-refractivity contribution in [2.24, 2.45) is 0 Å². The van der Waals surface area contributed by atoms with Crippen molar-refractivity contribution < 1.29 is 14.3 Å². The highest BCUT2D eigenvalue weighted by atomic mass is 32.1. The molecule has 0 bridgehead atoms. The van der Waals surface area contributed by atoms with E-state index in [4.69, 9.17) is 9.47 Å². The summed E-state index contributed by atoms with van der Waals surface area (Å²) >= 11 is 1.42. The van der Waals surface area contributed by atoms with Gasteiger partial charge in [0.1, 0.15) is 5.69 Å². The zero-order chi connectivity index (χ0) is 17.2. The Kier molecular flexibility index (Phi) is 4.46. The van der Waals surface area contributed by atoms with Gasteiger partial charge in [-0.25, -0.2) is 4.98 Å². The molecule has 4 rings (SSSR count). The van der Waals surface area contributed by atoms with Crippen molar-refractivity contribution in [2.45, 2.75) is 6.92 Å². The van der Waals surface area contributed by atoms with Crippen molar-refractivity contribution in [3.05, 3.63) is 29.3 Å². The number of aromatic nitrogens is 1. The smallest absolute Gasteiger partial charge is 0.273 e. The number of nitrogens with zero attached hydrogens (tertiary/aromatic N) is 3. The maximum Gasteiger partial charge on any atom is 0.273 e. The topological polar surface area (TPSA) is 66.9 Å². The highest BCUT2D eigenvalue weighted by molar-refractivity contribution is 7.14. The predicted molar refractivity (Wildman–Crippen MR) is 96.0 cm³/mol. The van der Waals surface area contributed by atoms with Crippen LogP contribution < -0.4 is 14.8 Å². The van der Waals surface area contributed by atoms with Gasteiger partial charge in [0.15, 0.2) is 16.6 Å². The van der Waals surface area contributed by atoms with Gasteiger partial charge < -0.3 is 24.6 Å². The average Bonchev–Trinajstić information content (AvgIpc) is 3.30. The first kappa shape index (κ1) is 16.2. The third-order valence-corrected chi connectivity index (χ3v) is 5.21. The van der Waals surface area contributed by atoms with E-state index in [1.807, 2.05) is 28.5 Å². The Morgan fingerprint density at radius 2 is 2.04 bits per heavy atom. The second-order valence-corrected chi connectivity index (χ2v) is 6.82. The Morgan fingerprint density at radius 1 is 1.24 bits per heavy atom. The van der Waals surface area contributed by atoms with Crippen LogP contribution in [-0.2, 0) is 0 Å². The first-order valence-electron chi connectivity index (χ1n) is 8.37. The van der Waals surface area contributed by atoms with Crippen molar-refractivity contribution in [1.82, 2.24) is 14.8 Å². The highest BCUT2D eigenvalue weighted by Gasteiger charge is 2.23. The molecular formula is C17H20N4O3S. The van der Waals surface area contributed by atoms with Crippen LogP contribution in [0.2, 0.25) is 0 Å². The molecule has 1 aromatic carbocycles. The summed E-state index contributed by atoms with van der Waals surface area (Å²) in [6.07, 6.45) is 0. The lowest BCUT2D eigenvalue weighted by Crippen LogP contribution is -2.48. The van der Waals surface area contributed by atoms with E-state index in [1.165, 1.54) is 11.3 Å². The number of benzene rings is 1. The molecule has 0 atom stereocenters. The highest BCUT2D eigenvalue weighted by Crippen LogP contribution is 2.35. The van der Waals surface area contributed by atoms with Gasteiger partial charge >= 0.3 is 0 Å². The van der Waals surface area contributed by atoms with E-state index in [0.29, 0.717) is 16.6 Å². The van der Waals surface area contributed by atoms with Crippen LogP contribution in [0.3, 0.4) is 0 Å². The molecule has 3 heterocycles. The molecular weight excluding hydrogens is 340 g/mol. The molecule has 0 radical (unpaired) electrons. The number of nitrogens with one attached hydrogen (secondary N) is 1. The molecule has 1 amide bonds. The molecule has 1 aromatic heterocycles. The lowest BCUT2D eigenvalue weighted by Gasteiger charge is -2.33. The summed E-state index contributed by atoms with van der Waals surface area (Å²) < 4.78 is 10.7. The minimum atomic E-state index is 0.00531. The predicted octanol–water partition coefficient (Wildman–Crippen LogP) is 2.39. The van der Waals surface area contributed by atoms with Crippen molar-refractivity contribution in [1.29, 1.82) is 0 Å². The Bertz CT molecular complexity index is 771. The summed E-state index contributed by atoms with van der Waals surface area (Å²) in [5, 5.41) is 5.72. The SMILES string of the molecule is CCN1CCN(C(=O)c2csc(Nc3ccc4c(c3)OCO4)n2)CC1. The number of rotatable bonds is 4. The number of ether oxygens (including phenoxy) is 2. The van der Waals surface area contributed by atoms with Gasteiger partial charge in [0.25, 0.3) is 5.91 Å². The molecule has 2 aromatic rings. The van der Waals surface area contributed by atoms with Gasteiger partial charge in [-0.2, -0.15) is 0 Å². The van der Waals surface area contributed by atoms with Crippen LogP contribution in [0.15, 0.2) is 23.6 Å². The molecule has 1 N–H and O–H groups in total. The third kappa shape index (κ3) is 3.40. The van der Waals surface area contributed by atoms with Crippen LogP contribution in [0, 0.1) is 0 Å². The first-order chi connectivity index (χ1) is 12.2. The molecule has 25 heavy (non-hydrogen) atoms. The molecule has 8 heteroatoms. The normalized spacial score (nSPS) is 16.9. The Balaban J connectivity index is 1.41. The molecule has 132 valence electrons. The molecule has 7 nitrogen and oxygen atoms in total. The summed E-state index contributed by atoms with van der Waals surface area (Å²) in [7, 11) is 0. The van der Waals surface area contributed by atoms with Gasteiger partial charge in [0.2, 0.25) is 6.79 Å². The molecule has 0 aliphatic carbocycles. The van der Waals surface area contributed by atoms with Gasteiger partial charge in [-0.15, -0.1) is 11.3 Å². The van der Waals surface area contributed by atoms with Gasteiger partial charge in [-0.1, -0.05) is 6.92 Å². The second-order valence-electron chi connectivity index (χ2n) is 5.96. The standard InChI is InChI=1S/C17H20N4O3S/c1-2-20-5-7-21(8-6-20)16(22)13-10-25-17(19-13)18-12-3-4-14-15(9-12)24-11-23-14/h3-4,9-10H,2,5-8,11H2,1H3,(H,18,19). The van der Waals surface area contributed by atoms with Crippen LogP contribution in [0.1, 0.15) is 17.4 Å². The maximum atomic E-state index is 12.6. The average molecular weight is 360 g/mol. The summed E-state index contributed by atoms with van der Waals surface area (Å²) in [6, 6.07) is 5.63. The first-order valence-corrected chi connectivity index (χ1v) is 9.24. The Labute approximate surface area is 150 Å². The molecule has 0 saturated carbocycles. The number of hydrogen-bond donors (Lipinski definition) is 1. The molecule has 0 unspecified atom stereocenters. The van der Waals surface area contributed by atoms with E-state index in [-0.39, 0.29) is 12.7 Å². The lowest BCUT2D eigenvalue weighted by molar-refractivity contribution is 0.0638. The van der Waals surface area contributed by atoms with Crippen molar-refractivity contribution in [2.75, 3.05) is 44.8 Å². The van der Waals surface area contributed by atoms with Crippen LogP contribution in [0.5, 0.6) is 11.5 Å². The van der Waals surface area contributed by atoms with Gasteiger partial charge in [0.05, 0.1) is 0 Å². The fraction of sp³-hybridized carbons (Fsp3) is 0.412. The van der Waals surface area contributed by atoms with Gasteiger partial charge in [-0.3, -0.25) is 4.79 Å². The molecule has 2 aliphatic heterocycles. The number of carbonyl (C=O) groups is 1. The minimum Gasteiger partial charge on any atom is -0.454 e. The fourth-order valence-corrected chi connectivity index (χ4v) is 3.66. The van der Waals surface area contributed by atoms with E-state index in [0.717, 1.165) is 44.2 Å². The molecule has 2 aliphatic rings. The van der Waals surface area contributed by atoms with Crippen LogP contribution >= 0.6 is 11.3 Å². The number of likely N-dealkylation sites (N-methyl/N-ethyl adjacent to an activating group) is 1. The summed E-state index contributed by atoms with van der Waals surface area (Å²) in [4.78, 5) is 21.3. The van der Waals surface area contributed by atoms with Crippen LogP contribution in [0.25, 0.3) is 0 Å². The Hall–Kier alpha value is -2.32. The number of fused-ring (bicyclic) bond motifs is 1. The second kappa shape index (κ2) is 6.89. The monoisotopic (exact) mass is 360 g/mol. The zero-order valence-corrected chi connectivity index (χ0v) is 14.8. The van der Waals surface area contributed by atoms with Gasteiger partial charge in [-0.05, 0) is 18.7 Å². The number of thiazole rings is 1. The molecule has 1 saturated heterocycles. The van der Waals surface area contributed by atoms with E-state index >= 15 is 0 Å². The van der Waals surface area contributed by atoms with E-state index < -0.39 is 0 Å². The van der Waals surface area contributed by atoms with E-state index in [9.17, 15) is 4.79 Å². The minimum absolute atomic E-state index is 0.00531. The summed E-state index contributed by atoms with van der Waals surface area (Å²) in [5.41, 5.74) is 1.35. The summed E-state index contributed by atoms with van der Waals surface area (Å²) in [5.74, 6) is 1.46.